The van der Waals surface area contributed by atoms with Gasteiger partial charge in [0.05, 0.1) is 35.9 Å². The molecule has 0 radical (unpaired) electrons. The summed E-state index contributed by atoms with van der Waals surface area (Å²) in [5, 5.41) is 11.9. The number of methoxy groups -OCH3 is 2. The SMILES string of the molecule is COC(=O)c1cc(Br)cc(C(=O)O)c1NCS(=O)(=O)c1ccc(OC)cc1. The minimum atomic E-state index is -3.81. The van der Waals surface area contributed by atoms with Crippen molar-refractivity contribution in [2.75, 3.05) is 25.4 Å². The Morgan fingerprint density at radius 2 is 1.70 bits per heavy atom. The normalized spacial score (nSPS) is 10.9. The van der Waals surface area contributed by atoms with E-state index in [-0.39, 0.29) is 21.7 Å². The fraction of sp³-hybridized carbons (Fsp3) is 0.176. The smallest absolute Gasteiger partial charge is 0.340 e. The minimum absolute atomic E-state index is 0.0180. The number of esters is 1. The van der Waals surface area contributed by atoms with Crippen LogP contribution in [0, 0.1) is 0 Å². The van der Waals surface area contributed by atoms with Gasteiger partial charge in [0.15, 0.2) is 9.84 Å². The zero-order valence-corrected chi connectivity index (χ0v) is 16.8. The summed E-state index contributed by atoms with van der Waals surface area (Å²) in [5.74, 6) is -2.25. The van der Waals surface area contributed by atoms with E-state index in [9.17, 15) is 23.1 Å². The standard InChI is InChI=1S/C17H16BrNO7S/c1-25-11-3-5-12(6-4-11)27(23,24)9-19-15-13(16(20)21)7-10(18)8-14(15)17(22)26-2/h3-8,19H,9H2,1-2H3,(H,20,21). The monoisotopic (exact) mass is 457 g/mol. The first-order valence-electron chi connectivity index (χ1n) is 7.45. The van der Waals surface area contributed by atoms with Crippen LogP contribution < -0.4 is 10.1 Å². The van der Waals surface area contributed by atoms with Crippen LogP contribution in [-0.4, -0.2) is 45.6 Å². The second kappa shape index (κ2) is 8.40. The van der Waals surface area contributed by atoms with E-state index >= 15 is 0 Å². The van der Waals surface area contributed by atoms with Gasteiger partial charge in [-0.05, 0) is 36.4 Å². The molecule has 2 aromatic rings. The fourth-order valence-corrected chi connectivity index (χ4v) is 3.78. The highest BCUT2D eigenvalue weighted by atomic mass is 79.9. The van der Waals surface area contributed by atoms with Gasteiger partial charge in [-0.1, -0.05) is 15.9 Å². The van der Waals surface area contributed by atoms with Gasteiger partial charge < -0.3 is 19.9 Å². The predicted molar refractivity (Wildman–Crippen MR) is 101 cm³/mol. The van der Waals surface area contributed by atoms with Gasteiger partial charge in [-0.15, -0.1) is 0 Å². The first-order valence-corrected chi connectivity index (χ1v) is 9.90. The molecule has 0 saturated carbocycles. The molecule has 0 amide bonds. The molecule has 2 aromatic carbocycles. The van der Waals surface area contributed by atoms with E-state index in [1.807, 2.05) is 0 Å². The Morgan fingerprint density at radius 3 is 2.22 bits per heavy atom. The number of nitrogens with one attached hydrogen (secondary N) is 1. The first kappa shape index (κ1) is 20.7. The number of hydrogen-bond donors (Lipinski definition) is 2. The van der Waals surface area contributed by atoms with Crippen LogP contribution in [-0.2, 0) is 14.6 Å². The van der Waals surface area contributed by atoms with Crippen molar-refractivity contribution >= 4 is 43.4 Å². The van der Waals surface area contributed by atoms with Gasteiger partial charge in [-0.2, -0.15) is 0 Å². The molecule has 2 N–H and O–H groups in total. The van der Waals surface area contributed by atoms with Gasteiger partial charge in [-0.25, -0.2) is 18.0 Å². The van der Waals surface area contributed by atoms with Gasteiger partial charge in [0, 0.05) is 4.47 Å². The highest BCUT2D eigenvalue weighted by Gasteiger charge is 2.23. The molecule has 0 bridgehead atoms. The molecule has 0 fully saturated rings. The van der Waals surface area contributed by atoms with Crippen LogP contribution in [0.1, 0.15) is 20.7 Å². The van der Waals surface area contributed by atoms with E-state index in [0.29, 0.717) is 10.2 Å². The minimum Gasteiger partial charge on any atom is -0.497 e. The quantitative estimate of drug-likeness (QED) is 0.608. The molecule has 2 rings (SSSR count). The molecule has 0 saturated heterocycles. The molecule has 27 heavy (non-hydrogen) atoms. The molecule has 0 heterocycles. The van der Waals surface area contributed by atoms with Crippen molar-refractivity contribution in [3.05, 3.63) is 52.0 Å². The molecule has 0 aliphatic rings. The highest BCUT2D eigenvalue weighted by Crippen LogP contribution is 2.28. The third kappa shape index (κ3) is 4.77. The van der Waals surface area contributed by atoms with Crippen molar-refractivity contribution in [1.29, 1.82) is 0 Å². The average Bonchev–Trinajstić information content (AvgIpc) is 2.65. The highest BCUT2D eigenvalue weighted by molar-refractivity contribution is 9.10. The Kier molecular flexibility index (Phi) is 6.45. The Hall–Kier alpha value is -2.59. The number of halogens is 1. The number of aromatic carboxylic acids is 1. The molecule has 0 aromatic heterocycles. The Balaban J connectivity index is 2.40. The molecule has 0 aliphatic carbocycles. The lowest BCUT2D eigenvalue weighted by molar-refractivity contribution is 0.0601. The second-order valence-electron chi connectivity index (χ2n) is 5.28. The number of carbonyl (C=O) groups excluding carboxylic acids is 1. The second-order valence-corrected chi connectivity index (χ2v) is 8.19. The summed E-state index contributed by atoms with van der Waals surface area (Å²) in [7, 11) is -1.21. The van der Waals surface area contributed by atoms with E-state index in [0.717, 1.165) is 7.11 Å². The van der Waals surface area contributed by atoms with Gasteiger partial charge in [-0.3, -0.25) is 0 Å². The van der Waals surface area contributed by atoms with Gasteiger partial charge >= 0.3 is 11.9 Å². The Bertz CT molecular complexity index is 972. The molecule has 144 valence electrons. The molecule has 0 spiro atoms. The summed E-state index contributed by atoms with van der Waals surface area (Å²) in [4.78, 5) is 23.5. The average molecular weight is 458 g/mol. The van der Waals surface area contributed by atoms with E-state index in [1.54, 1.807) is 0 Å². The number of hydrogen-bond acceptors (Lipinski definition) is 7. The van der Waals surface area contributed by atoms with Crippen LogP contribution in [0.5, 0.6) is 5.75 Å². The van der Waals surface area contributed by atoms with Crippen molar-refractivity contribution in [3.63, 3.8) is 0 Å². The summed E-state index contributed by atoms with van der Waals surface area (Å²) < 4.78 is 35.0. The number of rotatable bonds is 7. The van der Waals surface area contributed by atoms with Crippen molar-refractivity contribution in [2.45, 2.75) is 4.90 Å². The molecule has 0 atom stereocenters. The maximum atomic E-state index is 12.5. The zero-order valence-electron chi connectivity index (χ0n) is 14.4. The third-order valence-corrected chi connectivity index (χ3v) is 5.57. The first-order chi connectivity index (χ1) is 12.7. The van der Waals surface area contributed by atoms with Crippen molar-refractivity contribution in [3.8, 4) is 5.75 Å². The summed E-state index contributed by atoms with van der Waals surface area (Å²) in [6.07, 6.45) is 0. The number of sulfone groups is 1. The van der Waals surface area contributed by atoms with Crippen molar-refractivity contribution in [2.24, 2.45) is 0 Å². The van der Waals surface area contributed by atoms with Crippen molar-refractivity contribution in [1.82, 2.24) is 0 Å². The summed E-state index contributed by atoms with van der Waals surface area (Å²) >= 11 is 3.12. The number of benzene rings is 2. The van der Waals surface area contributed by atoms with E-state index < -0.39 is 27.7 Å². The lowest BCUT2D eigenvalue weighted by Gasteiger charge is -2.15. The number of carbonyl (C=O) groups is 2. The maximum Gasteiger partial charge on any atom is 0.340 e. The summed E-state index contributed by atoms with van der Waals surface area (Å²) in [6, 6.07) is 8.34. The summed E-state index contributed by atoms with van der Waals surface area (Å²) in [6.45, 7) is 0. The number of carboxylic acid groups (broad SMARTS) is 1. The topological polar surface area (TPSA) is 119 Å². The largest absolute Gasteiger partial charge is 0.497 e. The maximum absolute atomic E-state index is 12.5. The van der Waals surface area contributed by atoms with E-state index in [2.05, 4.69) is 26.0 Å². The number of anilines is 1. The fourth-order valence-electron chi connectivity index (χ4n) is 2.27. The van der Waals surface area contributed by atoms with Gasteiger partial charge in [0.1, 0.15) is 11.6 Å². The Morgan fingerprint density at radius 1 is 1.11 bits per heavy atom. The lowest BCUT2D eigenvalue weighted by Crippen LogP contribution is -2.19. The number of ether oxygens (including phenoxy) is 2. The third-order valence-electron chi connectivity index (χ3n) is 3.60. The Labute approximate surface area is 164 Å². The van der Waals surface area contributed by atoms with Gasteiger partial charge in [0.25, 0.3) is 0 Å². The van der Waals surface area contributed by atoms with Crippen LogP contribution in [0.3, 0.4) is 0 Å². The summed E-state index contributed by atoms with van der Waals surface area (Å²) in [5.41, 5.74) is -0.515. The molecule has 8 nitrogen and oxygen atoms in total. The van der Waals surface area contributed by atoms with Crippen LogP contribution in [0.4, 0.5) is 5.69 Å². The van der Waals surface area contributed by atoms with Crippen LogP contribution in [0.2, 0.25) is 0 Å². The van der Waals surface area contributed by atoms with E-state index in [4.69, 9.17) is 4.74 Å². The lowest BCUT2D eigenvalue weighted by atomic mass is 10.1. The molecular weight excluding hydrogens is 442 g/mol. The van der Waals surface area contributed by atoms with Crippen LogP contribution >= 0.6 is 15.9 Å². The molecule has 10 heteroatoms. The molecule has 0 unspecified atom stereocenters. The predicted octanol–water partition coefficient (Wildman–Crippen LogP) is 2.79. The van der Waals surface area contributed by atoms with Crippen molar-refractivity contribution < 1.29 is 32.6 Å². The van der Waals surface area contributed by atoms with Crippen LogP contribution in [0.15, 0.2) is 45.8 Å². The number of carboxylic acids is 1. The molecular formula is C17H16BrNO7S. The zero-order chi connectivity index (χ0) is 20.2. The van der Waals surface area contributed by atoms with Crippen LogP contribution in [0.25, 0.3) is 0 Å². The van der Waals surface area contributed by atoms with Gasteiger partial charge in [0.2, 0.25) is 0 Å². The molecule has 0 aliphatic heterocycles. The van der Waals surface area contributed by atoms with E-state index in [1.165, 1.54) is 43.5 Å².